The minimum Gasteiger partial charge on any atom is -0.382 e. The molecule has 5 heteroatoms. The van der Waals surface area contributed by atoms with Gasteiger partial charge in [-0.05, 0) is 24.6 Å². The lowest BCUT2D eigenvalue weighted by Crippen LogP contribution is -2.08. The lowest BCUT2D eigenvalue weighted by Gasteiger charge is -2.14. The van der Waals surface area contributed by atoms with Gasteiger partial charge in [0, 0.05) is 11.1 Å². The maximum absolute atomic E-state index is 5.84. The summed E-state index contributed by atoms with van der Waals surface area (Å²) in [4.78, 5) is 8.11. The molecular weight excluding hydrogens is 236 g/mol. The van der Waals surface area contributed by atoms with Crippen LogP contribution in [0, 0.1) is 0 Å². The zero-order valence-corrected chi connectivity index (χ0v) is 10.1. The highest BCUT2D eigenvalue weighted by Gasteiger charge is 2.05. The van der Waals surface area contributed by atoms with E-state index in [1.165, 1.54) is 6.20 Å². The molecule has 1 atom stereocenters. The summed E-state index contributed by atoms with van der Waals surface area (Å²) in [5, 5.41) is 3.96. The molecule has 1 aromatic heterocycles. The summed E-state index contributed by atoms with van der Waals surface area (Å²) in [5.74, 6) is 1.11. The molecule has 0 saturated carbocycles. The van der Waals surface area contributed by atoms with Crippen molar-refractivity contribution in [3.63, 3.8) is 0 Å². The molecule has 4 nitrogen and oxygen atoms in total. The number of hydrogen-bond acceptors (Lipinski definition) is 4. The first-order valence-electron chi connectivity index (χ1n) is 5.24. The van der Waals surface area contributed by atoms with Crippen LogP contribution in [-0.2, 0) is 0 Å². The molecule has 0 amide bonds. The van der Waals surface area contributed by atoms with Crippen LogP contribution >= 0.6 is 11.6 Å². The molecule has 2 aromatic rings. The van der Waals surface area contributed by atoms with Crippen LogP contribution in [0.3, 0.4) is 0 Å². The number of anilines is 2. The molecule has 1 heterocycles. The molecule has 0 radical (unpaired) electrons. The molecule has 0 fully saturated rings. The Labute approximate surface area is 105 Å². The Kier molecular flexibility index (Phi) is 3.44. The second-order valence-electron chi connectivity index (χ2n) is 3.74. The molecule has 88 valence electrons. The molecule has 0 aliphatic rings. The zero-order chi connectivity index (χ0) is 12.3. The fraction of sp³-hybridized carbons (Fsp3) is 0.167. The maximum Gasteiger partial charge on any atom is 0.145 e. The number of halogens is 1. The fourth-order valence-corrected chi connectivity index (χ4v) is 1.60. The summed E-state index contributed by atoms with van der Waals surface area (Å²) >= 11 is 5.84. The van der Waals surface area contributed by atoms with Crippen LogP contribution in [-0.4, -0.2) is 9.97 Å². The van der Waals surface area contributed by atoms with E-state index in [4.69, 9.17) is 17.3 Å². The average molecular weight is 249 g/mol. The zero-order valence-electron chi connectivity index (χ0n) is 9.39. The number of rotatable bonds is 3. The SMILES string of the molecule is CC(Nc1cnc(N)cn1)c1ccc(Cl)cc1. The molecule has 0 bridgehead atoms. The van der Waals surface area contributed by atoms with Crippen LogP contribution in [0.1, 0.15) is 18.5 Å². The van der Waals surface area contributed by atoms with Crippen molar-refractivity contribution in [3.05, 3.63) is 47.2 Å². The Bertz CT molecular complexity index is 481. The van der Waals surface area contributed by atoms with Crippen LogP contribution in [0.2, 0.25) is 5.02 Å². The van der Waals surface area contributed by atoms with Gasteiger partial charge in [-0.15, -0.1) is 0 Å². The lowest BCUT2D eigenvalue weighted by molar-refractivity contribution is 0.872. The average Bonchev–Trinajstić information content (AvgIpc) is 2.33. The number of benzene rings is 1. The first kappa shape index (κ1) is 11.7. The molecular formula is C12H13ClN4. The Morgan fingerprint density at radius 1 is 1.18 bits per heavy atom. The smallest absolute Gasteiger partial charge is 0.145 e. The van der Waals surface area contributed by atoms with Gasteiger partial charge in [0.2, 0.25) is 0 Å². The monoisotopic (exact) mass is 248 g/mol. The minimum absolute atomic E-state index is 0.130. The molecule has 3 N–H and O–H groups in total. The predicted octanol–water partition coefficient (Wildman–Crippen LogP) is 2.89. The van der Waals surface area contributed by atoms with Crippen LogP contribution in [0.15, 0.2) is 36.7 Å². The van der Waals surface area contributed by atoms with Crippen LogP contribution in [0.4, 0.5) is 11.6 Å². The minimum atomic E-state index is 0.130. The molecule has 0 saturated heterocycles. The summed E-state index contributed by atoms with van der Waals surface area (Å²) < 4.78 is 0. The Morgan fingerprint density at radius 2 is 1.88 bits per heavy atom. The van der Waals surface area contributed by atoms with Crippen LogP contribution in [0.25, 0.3) is 0 Å². The van der Waals surface area contributed by atoms with Crippen LogP contribution < -0.4 is 11.1 Å². The predicted molar refractivity (Wildman–Crippen MR) is 69.9 cm³/mol. The highest BCUT2D eigenvalue weighted by atomic mass is 35.5. The summed E-state index contributed by atoms with van der Waals surface area (Å²) in [6.45, 7) is 2.04. The van der Waals surface area contributed by atoms with E-state index in [-0.39, 0.29) is 6.04 Å². The summed E-state index contributed by atoms with van der Waals surface area (Å²) in [5.41, 5.74) is 6.60. The largest absolute Gasteiger partial charge is 0.382 e. The van der Waals surface area contributed by atoms with Crippen molar-refractivity contribution in [2.45, 2.75) is 13.0 Å². The van der Waals surface area contributed by atoms with Gasteiger partial charge >= 0.3 is 0 Å². The molecule has 0 aliphatic carbocycles. The Hall–Kier alpha value is -1.81. The van der Waals surface area contributed by atoms with Crippen molar-refractivity contribution in [3.8, 4) is 0 Å². The summed E-state index contributed by atoms with van der Waals surface area (Å²) in [6.07, 6.45) is 3.14. The van der Waals surface area contributed by atoms with Crippen molar-refractivity contribution in [1.29, 1.82) is 0 Å². The number of hydrogen-bond donors (Lipinski definition) is 2. The van der Waals surface area contributed by atoms with E-state index in [0.29, 0.717) is 11.6 Å². The standard InChI is InChI=1S/C12H13ClN4/c1-8(9-2-4-10(13)5-3-9)17-12-7-15-11(14)6-16-12/h2-8H,1H3,(H2,14,15)(H,16,17). The lowest BCUT2D eigenvalue weighted by atomic mass is 10.1. The van der Waals surface area contributed by atoms with E-state index in [1.54, 1.807) is 6.20 Å². The molecule has 2 rings (SSSR count). The second kappa shape index (κ2) is 5.01. The first-order chi connectivity index (χ1) is 8.15. The quantitative estimate of drug-likeness (QED) is 0.877. The van der Waals surface area contributed by atoms with E-state index in [1.807, 2.05) is 31.2 Å². The van der Waals surface area contributed by atoms with Gasteiger partial charge in [0.1, 0.15) is 11.6 Å². The van der Waals surface area contributed by atoms with Crippen molar-refractivity contribution < 1.29 is 0 Å². The van der Waals surface area contributed by atoms with Crippen LogP contribution in [0.5, 0.6) is 0 Å². The van der Waals surface area contributed by atoms with Gasteiger partial charge in [-0.25, -0.2) is 9.97 Å². The normalized spacial score (nSPS) is 12.1. The molecule has 1 aromatic carbocycles. The van der Waals surface area contributed by atoms with Gasteiger partial charge in [-0.3, -0.25) is 0 Å². The molecule has 17 heavy (non-hydrogen) atoms. The maximum atomic E-state index is 5.84. The van der Waals surface area contributed by atoms with Crippen molar-refractivity contribution in [2.75, 3.05) is 11.1 Å². The third kappa shape index (κ3) is 3.07. The van der Waals surface area contributed by atoms with E-state index < -0.39 is 0 Å². The van der Waals surface area contributed by atoms with Gasteiger partial charge in [-0.2, -0.15) is 0 Å². The number of nitrogen functional groups attached to an aromatic ring is 1. The Balaban J connectivity index is 2.08. The molecule has 1 unspecified atom stereocenters. The van der Waals surface area contributed by atoms with E-state index in [9.17, 15) is 0 Å². The third-order valence-electron chi connectivity index (χ3n) is 2.41. The number of nitrogens with zero attached hydrogens (tertiary/aromatic N) is 2. The van der Waals surface area contributed by atoms with Gasteiger partial charge in [-0.1, -0.05) is 23.7 Å². The van der Waals surface area contributed by atoms with Gasteiger partial charge < -0.3 is 11.1 Å². The number of nitrogens with one attached hydrogen (secondary N) is 1. The molecule has 0 spiro atoms. The number of nitrogens with two attached hydrogens (primary N) is 1. The van der Waals surface area contributed by atoms with Gasteiger partial charge in [0.05, 0.1) is 12.4 Å². The molecule has 0 aliphatic heterocycles. The van der Waals surface area contributed by atoms with E-state index in [0.717, 1.165) is 10.6 Å². The van der Waals surface area contributed by atoms with Crippen molar-refractivity contribution in [2.24, 2.45) is 0 Å². The second-order valence-corrected chi connectivity index (χ2v) is 4.18. The topological polar surface area (TPSA) is 63.8 Å². The highest BCUT2D eigenvalue weighted by Crippen LogP contribution is 2.19. The number of aromatic nitrogens is 2. The third-order valence-corrected chi connectivity index (χ3v) is 2.66. The first-order valence-corrected chi connectivity index (χ1v) is 5.62. The summed E-state index contributed by atoms with van der Waals surface area (Å²) in [6, 6.07) is 7.81. The highest BCUT2D eigenvalue weighted by molar-refractivity contribution is 6.30. The van der Waals surface area contributed by atoms with E-state index >= 15 is 0 Å². The van der Waals surface area contributed by atoms with Gasteiger partial charge in [0.25, 0.3) is 0 Å². The van der Waals surface area contributed by atoms with Gasteiger partial charge in [0.15, 0.2) is 0 Å². The summed E-state index contributed by atoms with van der Waals surface area (Å²) in [7, 11) is 0. The van der Waals surface area contributed by atoms with Crippen molar-refractivity contribution in [1.82, 2.24) is 9.97 Å². The fourth-order valence-electron chi connectivity index (χ4n) is 1.47. The Morgan fingerprint density at radius 3 is 2.47 bits per heavy atom. The van der Waals surface area contributed by atoms with E-state index in [2.05, 4.69) is 15.3 Å². The van der Waals surface area contributed by atoms with Crippen molar-refractivity contribution >= 4 is 23.2 Å².